The molecule has 0 saturated carbocycles. The van der Waals surface area contributed by atoms with Crippen LogP contribution in [0.4, 0.5) is 17.8 Å². The van der Waals surface area contributed by atoms with E-state index in [0.717, 1.165) is 82.9 Å². The van der Waals surface area contributed by atoms with Crippen LogP contribution in [0.25, 0.3) is 0 Å². The molecule has 1 aromatic rings. The fourth-order valence-electron chi connectivity index (χ4n) is 10.2. The quantitative estimate of drug-likeness (QED) is 0.0448. The first-order valence-electron chi connectivity index (χ1n) is 24.4. The Morgan fingerprint density at radius 3 is 1.16 bits per heavy atom. The van der Waals surface area contributed by atoms with Gasteiger partial charge in [0.25, 0.3) is 0 Å². The predicted molar refractivity (Wildman–Crippen MR) is 249 cm³/mol. The fourth-order valence-corrected chi connectivity index (χ4v) is 10.2. The number of nitrogens with zero attached hydrogens (tertiary/aromatic N) is 5. The maximum absolute atomic E-state index is 5.44. The molecule has 2 saturated heterocycles. The molecule has 0 bridgehead atoms. The van der Waals surface area contributed by atoms with Gasteiger partial charge in [0.1, 0.15) is 0 Å². The van der Waals surface area contributed by atoms with Crippen LogP contribution in [-0.2, 0) is 0 Å². The molecule has 332 valence electrons. The number of hydrogen-bond acceptors (Lipinski definition) is 9. The number of hydrogen-bond donors (Lipinski definition) is 4. The Hall–Kier alpha value is -1.71. The van der Waals surface area contributed by atoms with E-state index in [4.69, 9.17) is 15.0 Å². The van der Waals surface area contributed by atoms with Gasteiger partial charge in [-0.05, 0) is 107 Å². The van der Waals surface area contributed by atoms with Crippen LogP contribution in [-0.4, -0.2) is 75.5 Å². The van der Waals surface area contributed by atoms with Gasteiger partial charge in [0.2, 0.25) is 17.8 Å². The normalized spacial score (nSPS) is 19.1. The number of piperidine rings is 2. The molecule has 2 aliphatic heterocycles. The van der Waals surface area contributed by atoms with Gasteiger partial charge in [0.15, 0.2) is 0 Å². The SMILES string of the molecule is CCCCCCCCCCCCCCCCCCNCNc1nc(N(CCCC)C2CC(C)(C)NC(C)(C)C2)nc(N(CCCC)C2CC(C)(C)NC(C)(C)C2)n1. The summed E-state index contributed by atoms with van der Waals surface area (Å²) in [6, 6.07) is 0.694. The van der Waals surface area contributed by atoms with Crippen molar-refractivity contribution in [1.82, 2.24) is 30.9 Å². The minimum Gasteiger partial charge on any atom is -0.341 e. The second-order valence-electron chi connectivity index (χ2n) is 20.9. The average Bonchev–Trinajstić information content (AvgIpc) is 3.10. The Morgan fingerprint density at radius 2 is 0.807 bits per heavy atom. The zero-order chi connectivity index (χ0) is 41.8. The highest BCUT2D eigenvalue weighted by Crippen LogP contribution is 2.36. The summed E-state index contributed by atoms with van der Waals surface area (Å²) in [5.74, 6) is 2.36. The fraction of sp³-hybridized carbons (Fsp3) is 0.938. The highest BCUT2D eigenvalue weighted by atomic mass is 15.4. The van der Waals surface area contributed by atoms with Crippen LogP contribution in [0.3, 0.4) is 0 Å². The molecule has 0 amide bonds. The predicted octanol–water partition coefficient (Wildman–Crippen LogP) is 11.9. The van der Waals surface area contributed by atoms with E-state index in [2.05, 4.69) is 107 Å². The maximum atomic E-state index is 5.44. The van der Waals surface area contributed by atoms with Gasteiger partial charge in [-0.15, -0.1) is 0 Å². The lowest BCUT2D eigenvalue weighted by Crippen LogP contribution is -2.63. The van der Waals surface area contributed by atoms with Crippen LogP contribution in [0.5, 0.6) is 0 Å². The van der Waals surface area contributed by atoms with Gasteiger partial charge in [-0.2, -0.15) is 15.0 Å². The summed E-state index contributed by atoms with van der Waals surface area (Å²) >= 11 is 0. The minimum atomic E-state index is 0.0316. The molecule has 2 fully saturated rings. The molecular weight excluding hydrogens is 703 g/mol. The monoisotopic (exact) mass is 798 g/mol. The summed E-state index contributed by atoms with van der Waals surface area (Å²) in [7, 11) is 0. The first-order valence-corrected chi connectivity index (χ1v) is 24.4. The number of rotatable bonds is 30. The highest BCUT2D eigenvalue weighted by Gasteiger charge is 2.42. The summed E-state index contributed by atoms with van der Waals surface area (Å²) in [6.45, 7) is 29.3. The van der Waals surface area contributed by atoms with Crippen LogP contribution >= 0.6 is 0 Å². The second kappa shape index (κ2) is 25.2. The van der Waals surface area contributed by atoms with Crippen molar-refractivity contribution in [1.29, 1.82) is 0 Å². The van der Waals surface area contributed by atoms with Gasteiger partial charge in [-0.1, -0.05) is 130 Å². The molecule has 1 aromatic heterocycles. The van der Waals surface area contributed by atoms with Crippen LogP contribution in [0, 0.1) is 0 Å². The zero-order valence-corrected chi connectivity index (χ0v) is 39.7. The van der Waals surface area contributed by atoms with Crippen molar-refractivity contribution >= 4 is 17.8 Å². The van der Waals surface area contributed by atoms with Crippen molar-refractivity contribution in [2.45, 2.75) is 265 Å². The summed E-state index contributed by atoms with van der Waals surface area (Å²) in [5.41, 5.74) is 0.126. The average molecular weight is 798 g/mol. The molecule has 3 rings (SSSR count). The number of aromatic nitrogens is 3. The number of anilines is 3. The Bertz CT molecular complexity index is 1110. The van der Waals surface area contributed by atoms with E-state index in [1.54, 1.807) is 0 Å². The van der Waals surface area contributed by atoms with E-state index in [1.807, 2.05) is 0 Å². The lowest BCUT2D eigenvalue weighted by atomic mass is 9.79. The van der Waals surface area contributed by atoms with E-state index < -0.39 is 0 Å². The maximum Gasteiger partial charge on any atom is 0.232 e. The van der Waals surface area contributed by atoms with Crippen molar-refractivity contribution < 1.29 is 0 Å². The lowest BCUT2D eigenvalue weighted by molar-refractivity contribution is 0.157. The van der Waals surface area contributed by atoms with Crippen LogP contribution in [0.2, 0.25) is 0 Å². The molecule has 0 unspecified atom stereocenters. The topological polar surface area (TPSA) is 93.3 Å². The third kappa shape index (κ3) is 19.5. The molecule has 57 heavy (non-hydrogen) atoms. The van der Waals surface area contributed by atoms with Crippen LogP contribution in [0.1, 0.15) is 230 Å². The van der Waals surface area contributed by atoms with E-state index in [9.17, 15) is 0 Å². The van der Waals surface area contributed by atoms with Crippen LogP contribution in [0.15, 0.2) is 0 Å². The first-order chi connectivity index (χ1) is 27.1. The summed E-state index contributed by atoms with van der Waals surface area (Å²) in [6.07, 6.45) is 31.1. The van der Waals surface area contributed by atoms with E-state index in [-0.39, 0.29) is 22.2 Å². The Balaban J connectivity index is 1.63. The summed E-state index contributed by atoms with van der Waals surface area (Å²) in [5, 5.41) is 15.1. The third-order valence-corrected chi connectivity index (χ3v) is 12.4. The van der Waals surface area contributed by atoms with Crippen molar-refractivity contribution in [3.63, 3.8) is 0 Å². The third-order valence-electron chi connectivity index (χ3n) is 12.4. The molecule has 0 aliphatic carbocycles. The van der Waals surface area contributed by atoms with Gasteiger partial charge in [0.05, 0.1) is 6.67 Å². The standard InChI is InChI=1S/C48H95N9/c1-12-15-18-19-20-21-22-23-24-25-26-27-28-29-30-31-32-49-39-50-42-51-43(56(33-16-13-2)40-35-45(4,5)54-46(6,7)36-40)53-44(52-42)57(34-17-14-3)41-37-47(8,9)55-48(10,11)38-41/h40-41,49,54-55H,12-39H2,1-11H3,(H,50,51,52,53). The molecule has 0 radical (unpaired) electrons. The van der Waals surface area contributed by atoms with Gasteiger partial charge < -0.3 is 25.8 Å². The summed E-state index contributed by atoms with van der Waals surface area (Å²) < 4.78 is 0. The van der Waals surface area contributed by atoms with E-state index in [0.29, 0.717) is 24.7 Å². The molecule has 0 aromatic carbocycles. The first kappa shape index (κ1) is 49.7. The molecule has 3 heterocycles. The molecule has 0 spiro atoms. The minimum absolute atomic E-state index is 0.0316. The molecule has 9 nitrogen and oxygen atoms in total. The molecule has 0 atom stereocenters. The Kier molecular flexibility index (Phi) is 21.9. The van der Waals surface area contributed by atoms with Crippen molar-refractivity contribution in [3.8, 4) is 0 Å². The van der Waals surface area contributed by atoms with Gasteiger partial charge in [-0.3, -0.25) is 5.32 Å². The van der Waals surface area contributed by atoms with Gasteiger partial charge in [-0.25, -0.2) is 0 Å². The van der Waals surface area contributed by atoms with Gasteiger partial charge in [0, 0.05) is 47.3 Å². The largest absolute Gasteiger partial charge is 0.341 e. The molecule has 9 heteroatoms. The summed E-state index contributed by atoms with van der Waals surface area (Å²) in [4.78, 5) is 21.0. The Labute approximate surface area is 353 Å². The van der Waals surface area contributed by atoms with Crippen molar-refractivity contribution in [3.05, 3.63) is 0 Å². The lowest BCUT2D eigenvalue weighted by Gasteiger charge is -2.50. The zero-order valence-electron chi connectivity index (χ0n) is 39.7. The number of nitrogens with one attached hydrogen (secondary N) is 4. The van der Waals surface area contributed by atoms with E-state index in [1.165, 1.54) is 103 Å². The smallest absolute Gasteiger partial charge is 0.232 e. The molecular formula is C48H95N9. The second-order valence-corrected chi connectivity index (χ2v) is 20.9. The van der Waals surface area contributed by atoms with Crippen molar-refractivity contribution in [2.24, 2.45) is 0 Å². The van der Waals surface area contributed by atoms with Crippen LogP contribution < -0.4 is 31.1 Å². The highest BCUT2D eigenvalue weighted by molar-refractivity contribution is 5.47. The van der Waals surface area contributed by atoms with E-state index >= 15 is 0 Å². The van der Waals surface area contributed by atoms with Gasteiger partial charge >= 0.3 is 0 Å². The Morgan fingerprint density at radius 1 is 0.474 bits per heavy atom. The number of unbranched alkanes of at least 4 members (excludes halogenated alkanes) is 17. The van der Waals surface area contributed by atoms with Crippen molar-refractivity contribution in [2.75, 3.05) is 41.4 Å². The molecule has 2 aliphatic rings. The molecule has 4 N–H and O–H groups in total.